The molecule has 0 amide bonds. The molecule has 110 valence electrons. The number of hydrogen-bond donors (Lipinski definition) is 2. The Bertz CT molecular complexity index is 641. The molecule has 0 spiro atoms. The lowest BCUT2D eigenvalue weighted by Gasteiger charge is -2.12. The van der Waals surface area contributed by atoms with Crippen molar-refractivity contribution in [1.82, 2.24) is 4.98 Å². The van der Waals surface area contributed by atoms with Gasteiger partial charge in [0.1, 0.15) is 0 Å². The van der Waals surface area contributed by atoms with Gasteiger partial charge in [0.2, 0.25) is 0 Å². The fraction of sp³-hybridized carbons (Fsp3) is 0.250. The fourth-order valence-electron chi connectivity index (χ4n) is 1.99. The zero-order valence-corrected chi connectivity index (χ0v) is 12.2. The highest BCUT2D eigenvalue weighted by molar-refractivity contribution is 5.98. The second-order valence-corrected chi connectivity index (χ2v) is 4.61. The van der Waals surface area contributed by atoms with Crippen LogP contribution in [0.1, 0.15) is 28.7 Å². The van der Waals surface area contributed by atoms with E-state index < -0.39 is 5.97 Å². The first-order valence-electron chi connectivity index (χ1n) is 6.84. The number of nitrogens with one attached hydrogen (secondary N) is 1. The van der Waals surface area contributed by atoms with Gasteiger partial charge in [0.15, 0.2) is 0 Å². The van der Waals surface area contributed by atoms with Crippen LogP contribution in [-0.2, 0) is 11.3 Å². The van der Waals surface area contributed by atoms with Crippen LogP contribution in [-0.4, -0.2) is 17.6 Å². The molecule has 0 saturated carbocycles. The minimum atomic E-state index is -0.410. The quantitative estimate of drug-likeness (QED) is 0.652. The molecule has 21 heavy (non-hydrogen) atoms. The number of para-hydroxylation sites is 1. The summed E-state index contributed by atoms with van der Waals surface area (Å²) < 4.78 is 4.98. The SMILES string of the molecule is CCOC(=O)c1cccc(NCc2cccc(C)n2)c1N. The van der Waals surface area contributed by atoms with Crippen molar-refractivity contribution in [2.45, 2.75) is 20.4 Å². The number of nitrogens with zero attached hydrogens (tertiary/aromatic N) is 1. The third-order valence-electron chi connectivity index (χ3n) is 3.01. The Hall–Kier alpha value is -2.56. The molecular weight excluding hydrogens is 266 g/mol. The van der Waals surface area contributed by atoms with Gasteiger partial charge < -0.3 is 15.8 Å². The molecule has 0 atom stereocenters. The van der Waals surface area contributed by atoms with Gasteiger partial charge in [-0.05, 0) is 38.1 Å². The van der Waals surface area contributed by atoms with E-state index >= 15 is 0 Å². The summed E-state index contributed by atoms with van der Waals surface area (Å²) in [6, 6.07) is 11.1. The van der Waals surface area contributed by atoms with Gasteiger partial charge in [-0.1, -0.05) is 12.1 Å². The van der Waals surface area contributed by atoms with Gasteiger partial charge in [-0.25, -0.2) is 4.79 Å². The normalized spacial score (nSPS) is 10.2. The summed E-state index contributed by atoms with van der Waals surface area (Å²) in [5.74, 6) is -0.410. The maximum atomic E-state index is 11.8. The number of benzene rings is 1. The average molecular weight is 285 g/mol. The third-order valence-corrected chi connectivity index (χ3v) is 3.01. The molecular formula is C16H19N3O2. The second-order valence-electron chi connectivity index (χ2n) is 4.61. The lowest BCUT2D eigenvalue weighted by molar-refractivity contribution is 0.0527. The highest BCUT2D eigenvalue weighted by Gasteiger charge is 2.13. The summed E-state index contributed by atoms with van der Waals surface area (Å²) in [5.41, 5.74) is 9.36. The molecule has 2 rings (SSSR count). The number of ether oxygens (including phenoxy) is 1. The van der Waals surface area contributed by atoms with Gasteiger partial charge in [-0.15, -0.1) is 0 Å². The molecule has 1 heterocycles. The number of nitrogen functional groups attached to an aromatic ring is 1. The van der Waals surface area contributed by atoms with Crippen LogP contribution in [0.25, 0.3) is 0 Å². The molecule has 1 aromatic carbocycles. The van der Waals surface area contributed by atoms with Gasteiger partial charge in [0.05, 0.1) is 35.8 Å². The number of pyridine rings is 1. The summed E-state index contributed by atoms with van der Waals surface area (Å²) in [4.78, 5) is 16.2. The van der Waals surface area contributed by atoms with Crippen LogP contribution in [0.3, 0.4) is 0 Å². The Labute approximate surface area is 124 Å². The molecule has 0 aliphatic rings. The molecule has 0 saturated heterocycles. The first-order valence-corrected chi connectivity index (χ1v) is 6.84. The summed E-state index contributed by atoms with van der Waals surface area (Å²) in [5, 5.41) is 3.20. The van der Waals surface area contributed by atoms with E-state index in [1.165, 1.54) is 0 Å². The lowest BCUT2D eigenvalue weighted by Crippen LogP contribution is -2.11. The highest BCUT2D eigenvalue weighted by Crippen LogP contribution is 2.24. The van der Waals surface area contributed by atoms with Crippen LogP contribution in [0.2, 0.25) is 0 Å². The van der Waals surface area contributed by atoms with E-state index in [2.05, 4.69) is 10.3 Å². The second kappa shape index (κ2) is 6.74. The van der Waals surface area contributed by atoms with Gasteiger partial charge in [-0.3, -0.25) is 4.98 Å². The van der Waals surface area contributed by atoms with E-state index in [-0.39, 0.29) is 0 Å². The number of aryl methyl sites for hydroxylation is 1. The van der Waals surface area contributed by atoms with Gasteiger partial charge in [0.25, 0.3) is 0 Å². The zero-order chi connectivity index (χ0) is 15.2. The maximum Gasteiger partial charge on any atom is 0.340 e. The topological polar surface area (TPSA) is 77.2 Å². The van der Waals surface area contributed by atoms with Gasteiger partial charge >= 0.3 is 5.97 Å². The molecule has 1 aromatic heterocycles. The van der Waals surface area contributed by atoms with Crippen molar-refractivity contribution in [3.63, 3.8) is 0 Å². The van der Waals surface area contributed by atoms with Crippen molar-refractivity contribution in [3.05, 3.63) is 53.3 Å². The molecule has 2 aromatic rings. The number of hydrogen-bond acceptors (Lipinski definition) is 5. The number of anilines is 2. The Balaban J connectivity index is 2.13. The van der Waals surface area contributed by atoms with Gasteiger partial charge in [0, 0.05) is 5.69 Å². The van der Waals surface area contributed by atoms with Crippen LogP contribution >= 0.6 is 0 Å². The first kappa shape index (κ1) is 14.8. The summed E-state index contributed by atoms with van der Waals surface area (Å²) >= 11 is 0. The van der Waals surface area contributed by atoms with E-state index in [9.17, 15) is 4.79 Å². The van der Waals surface area contributed by atoms with Crippen molar-refractivity contribution < 1.29 is 9.53 Å². The summed E-state index contributed by atoms with van der Waals surface area (Å²) in [6.45, 7) is 4.57. The van der Waals surface area contributed by atoms with Crippen molar-refractivity contribution in [1.29, 1.82) is 0 Å². The molecule has 0 unspecified atom stereocenters. The van der Waals surface area contributed by atoms with Crippen molar-refractivity contribution in [2.75, 3.05) is 17.7 Å². The van der Waals surface area contributed by atoms with Gasteiger partial charge in [-0.2, -0.15) is 0 Å². The largest absolute Gasteiger partial charge is 0.462 e. The van der Waals surface area contributed by atoms with E-state index in [4.69, 9.17) is 10.5 Å². The molecule has 5 nitrogen and oxygen atoms in total. The summed E-state index contributed by atoms with van der Waals surface area (Å²) in [6.07, 6.45) is 0. The standard InChI is InChI=1S/C16H19N3O2/c1-3-21-16(20)13-8-5-9-14(15(13)17)18-10-12-7-4-6-11(2)19-12/h4-9,18H,3,10,17H2,1-2H3. The molecule has 0 bridgehead atoms. The Kier molecular flexibility index (Phi) is 4.77. The van der Waals surface area contributed by atoms with E-state index in [0.29, 0.717) is 30.1 Å². The Morgan fingerprint density at radius 1 is 1.29 bits per heavy atom. The number of esters is 1. The first-order chi connectivity index (χ1) is 10.1. The summed E-state index contributed by atoms with van der Waals surface area (Å²) in [7, 11) is 0. The zero-order valence-electron chi connectivity index (χ0n) is 12.2. The molecule has 0 aliphatic heterocycles. The smallest absolute Gasteiger partial charge is 0.340 e. The average Bonchev–Trinajstić information content (AvgIpc) is 2.46. The number of rotatable bonds is 5. The van der Waals surface area contributed by atoms with Crippen LogP contribution in [0.4, 0.5) is 11.4 Å². The van der Waals surface area contributed by atoms with E-state index in [1.54, 1.807) is 19.1 Å². The Morgan fingerprint density at radius 3 is 2.76 bits per heavy atom. The molecule has 3 N–H and O–H groups in total. The fourth-order valence-corrected chi connectivity index (χ4v) is 1.99. The minimum Gasteiger partial charge on any atom is -0.462 e. The number of carbonyl (C=O) groups is 1. The molecule has 0 aliphatic carbocycles. The van der Waals surface area contributed by atoms with Crippen molar-refractivity contribution in [2.24, 2.45) is 0 Å². The third kappa shape index (κ3) is 3.72. The van der Waals surface area contributed by atoms with E-state index in [1.807, 2.05) is 31.2 Å². The van der Waals surface area contributed by atoms with Crippen LogP contribution in [0.5, 0.6) is 0 Å². The minimum absolute atomic E-state index is 0.323. The lowest BCUT2D eigenvalue weighted by atomic mass is 10.1. The van der Waals surface area contributed by atoms with Crippen molar-refractivity contribution >= 4 is 17.3 Å². The van der Waals surface area contributed by atoms with Crippen LogP contribution < -0.4 is 11.1 Å². The van der Waals surface area contributed by atoms with E-state index in [0.717, 1.165) is 11.4 Å². The highest BCUT2D eigenvalue weighted by atomic mass is 16.5. The molecule has 0 radical (unpaired) electrons. The van der Waals surface area contributed by atoms with Crippen molar-refractivity contribution in [3.8, 4) is 0 Å². The molecule has 5 heteroatoms. The number of aromatic nitrogens is 1. The maximum absolute atomic E-state index is 11.8. The number of carbonyl (C=O) groups excluding carboxylic acids is 1. The monoisotopic (exact) mass is 285 g/mol. The van der Waals surface area contributed by atoms with Crippen LogP contribution in [0.15, 0.2) is 36.4 Å². The predicted molar refractivity (Wildman–Crippen MR) is 83.1 cm³/mol. The Morgan fingerprint density at radius 2 is 2.05 bits per heavy atom. The number of nitrogens with two attached hydrogens (primary N) is 1. The molecule has 0 fully saturated rings. The predicted octanol–water partition coefficient (Wildman–Crippen LogP) is 2.76. The van der Waals surface area contributed by atoms with Crippen LogP contribution in [0, 0.1) is 6.92 Å².